The Bertz CT molecular complexity index is 537. The van der Waals surface area contributed by atoms with Gasteiger partial charge < -0.3 is 10.4 Å². The van der Waals surface area contributed by atoms with E-state index in [4.69, 9.17) is 10.4 Å². The van der Waals surface area contributed by atoms with Gasteiger partial charge in [-0.05, 0) is 48.4 Å². The molecule has 1 aliphatic rings. The number of nitrogens with zero attached hydrogens (tertiary/aromatic N) is 1. The molecule has 0 heterocycles. The molecule has 2 N–H and O–H groups in total. The van der Waals surface area contributed by atoms with E-state index in [0.29, 0.717) is 12.1 Å². The van der Waals surface area contributed by atoms with Gasteiger partial charge in [0.05, 0.1) is 11.6 Å². The second-order valence-corrected chi connectivity index (χ2v) is 5.26. The van der Waals surface area contributed by atoms with Gasteiger partial charge in [-0.2, -0.15) is 5.26 Å². The predicted molar refractivity (Wildman–Crippen MR) is 76.6 cm³/mol. The average molecular weight is 270 g/mol. The molecule has 1 aromatic rings. The monoisotopic (exact) mass is 270 g/mol. The van der Waals surface area contributed by atoms with Gasteiger partial charge in [0.2, 0.25) is 5.91 Å². The van der Waals surface area contributed by atoms with Crippen molar-refractivity contribution in [1.82, 2.24) is 5.32 Å². The Labute approximate surface area is 118 Å². The van der Waals surface area contributed by atoms with E-state index in [1.54, 1.807) is 30.3 Å². The van der Waals surface area contributed by atoms with Crippen LogP contribution < -0.4 is 5.32 Å². The standard InChI is InChI=1S/C16H18N2O2/c17-11-14-3-1-13(2-4-14)5-6-15(20)18-12-16(7-8-16)9-10-19/h1-6,19H,7-10,12H2,(H,18,20)/b6-5+. The zero-order valence-corrected chi connectivity index (χ0v) is 11.3. The fourth-order valence-electron chi connectivity index (χ4n) is 2.10. The van der Waals surface area contributed by atoms with Crippen LogP contribution in [0.15, 0.2) is 30.3 Å². The largest absolute Gasteiger partial charge is 0.396 e. The highest BCUT2D eigenvalue weighted by Gasteiger charge is 2.41. The van der Waals surface area contributed by atoms with Crippen LogP contribution in [0.3, 0.4) is 0 Å². The third-order valence-electron chi connectivity index (χ3n) is 3.70. The molecule has 104 valence electrons. The van der Waals surface area contributed by atoms with Gasteiger partial charge in [0, 0.05) is 19.2 Å². The summed E-state index contributed by atoms with van der Waals surface area (Å²) < 4.78 is 0. The fourth-order valence-corrected chi connectivity index (χ4v) is 2.10. The summed E-state index contributed by atoms with van der Waals surface area (Å²) in [6.07, 6.45) is 6.13. The summed E-state index contributed by atoms with van der Waals surface area (Å²) in [5, 5.41) is 20.5. The van der Waals surface area contributed by atoms with Gasteiger partial charge in [-0.3, -0.25) is 4.79 Å². The Kier molecular flexibility index (Phi) is 4.54. The van der Waals surface area contributed by atoms with Crippen molar-refractivity contribution in [1.29, 1.82) is 5.26 Å². The zero-order chi connectivity index (χ0) is 14.4. The van der Waals surface area contributed by atoms with Crippen LogP contribution in [-0.2, 0) is 4.79 Å². The van der Waals surface area contributed by atoms with Crippen molar-refractivity contribution < 1.29 is 9.90 Å². The minimum Gasteiger partial charge on any atom is -0.396 e. The van der Waals surface area contributed by atoms with Gasteiger partial charge in [-0.15, -0.1) is 0 Å². The lowest BCUT2D eigenvalue weighted by Gasteiger charge is -2.13. The van der Waals surface area contributed by atoms with Crippen LogP contribution in [-0.4, -0.2) is 24.2 Å². The summed E-state index contributed by atoms with van der Waals surface area (Å²) in [7, 11) is 0. The molecule has 0 radical (unpaired) electrons. The molecule has 0 atom stereocenters. The lowest BCUT2D eigenvalue weighted by Crippen LogP contribution is -2.29. The molecule has 1 fully saturated rings. The summed E-state index contributed by atoms with van der Waals surface area (Å²) in [4.78, 5) is 11.7. The van der Waals surface area contributed by atoms with E-state index in [-0.39, 0.29) is 17.9 Å². The molecule has 0 bridgehead atoms. The van der Waals surface area contributed by atoms with Crippen LogP contribution in [0.4, 0.5) is 0 Å². The van der Waals surface area contributed by atoms with Crippen molar-refractivity contribution in [2.45, 2.75) is 19.3 Å². The molecule has 0 saturated heterocycles. The lowest BCUT2D eigenvalue weighted by molar-refractivity contribution is -0.116. The van der Waals surface area contributed by atoms with Gasteiger partial charge in [0.1, 0.15) is 0 Å². The Balaban J connectivity index is 1.81. The van der Waals surface area contributed by atoms with Crippen molar-refractivity contribution in [3.8, 4) is 6.07 Å². The van der Waals surface area contributed by atoms with E-state index >= 15 is 0 Å². The van der Waals surface area contributed by atoms with Crippen molar-refractivity contribution in [3.05, 3.63) is 41.5 Å². The number of rotatable bonds is 6. The number of nitrogens with one attached hydrogen (secondary N) is 1. The molecular formula is C16H18N2O2. The number of amides is 1. The average Bonchev–Trinajstić information content (AvgIpc) is 3.24. The highest BCUT2D eigenvalue weighted by Crippen LogP contribution is 2.47. The number of aliphatic hydroxyl groups excluding tert-OH is 1. The van der Waals surface area contributed by atoms with Crippen LogP contribution in [0.1, 0.15) is 30.4 Å². The van der Waals surface area contributed by atoms with E-state index in [0.717, 1.165) is 24.8 Å². The molecule has 4 nitrogen and oxygen atoms in total. The van der Waals surface area contributed by atoms with Crippen LogP contribution in [0.5, 0.6) is 0 Å². The fraction of sp³-hybridized carbons (Fsp3) is 0.375. The van der Waals surface area contributed by atoms with Gasteiger partial charge in [0.25, 0.3) is 0 Å². The number of aliphatic hydroxyl groups is 1. The van der Waals surface area contributed by atoms with Crippen LogP contribution in [0, 0.1) is 16.7 Å². The van der Waals surface area contributed by atoms with Crippen LogP contribution >= 0.6 is 0 Å². The number of hydrogen-bond donors (Lipinski definition) is 2. The SMILES string of the molecule is N#Cc1ccc(/C=C/C(=O)NCC2(CCO)CC2)cc1. The smallest absolute Gasteiger partial charge is 0.244 e. The zero-order valence-electron chi connectivity index (χ0n) is 11.3. The summed E-state index contributed by atoms with van der Waals surface area (Å²) in [6, 6.07) is 9.10. The topological polar surface area (TPSA) is 73.1 Å². The van der Waals surface area contributed by atoms with E-state index in [9.17, 15) is 4.79 Å². The third kappa shape index (κ3) is 3.94. The number of hydrogen-bond acceptors (Lipinski definition) is 3. The predicted octanol–water partition coefficient (Wildman–Crippen LogP) is 1.85. The highest BCUT2D eigenvalue weighted by molar-refractivity contribution is 5.91. The molecule has 1 amide bonds. The second kappa shape index (κ2) is 6.36. The van der Waals surface area contributed by atoms with E-state index in [2.05, 4.69) is 11.4 Å². The summed E-state index contributed by atoms with van der Waals surface area (Å²) in [6.45, 7) is 0.807. The van der Waals surface area contributed by atoms with E-state index in [1.165, 1.54) is 6.08 Å². The summed E-state index contributed by atoms with van der Waals surface area (Å²) >= 11 is 0. The van der Waals surface area contributed by atoms with Gasteiger partial charge in [0.15, 0.2) is 0 Å². The minimum atomic E-state index is -0.126. The Morgan fingerprint density at radius 2 is 2.10 bits per heavy atom. The van der Waals surface area contributed by atoms with Crippen molar-refractivity contribution in [2.75, 3.05) is 13.2 Å². The lowest BCUT2D eigenvalue weighted by atomic mass is 10.0. The summed E-state index contributed by atoms with van der Waals surface area (Å²) in [5.41, 5.74) is 1.62. The van der Waals surface area contributed by atoms with E-state index < -0.39 is 0 Å². The maximum atomic E-state index is 11.7. The second-order valence-electron chi connectivity index (χ2n) is 5.26. The molecule has 0 aromatic heterocycles. The van der Waals surface area contributed by atoms with Gasteiger partial charge in [-0.1, -0.05) is 12.1 Å². The Morgan fingerprint density at radius 1 is 1.40 bits per heavy atom. The molecule has 20 heavy (non-hydrogen) atoms. The highest BCUT2D eigenvalue weighted by atomic mass is 16.3. The quantitative estimate of drug-likeness (QED) is 0.775. The van der Waals surface area contributed by atoms with Crippen LogP contribution in [0.25, 0.3) is 6.08 Å². The maximum Gasteiger partial charge on any atom is 0.244 e. The first kappa shape index (κ1) is 14.3. The molecule has 1 aromatic carbocycles. The van der Waals surface area contributed by atoms with Crippen molar-refractivity contribution in [3.63, 3.8) is 0 Å². The molecular weight excluding hydrogens is 252 g/mol. The first-order chi connectivity index (χ1) is 9.67. The Morgan fingerprint density at radius 3 is 2.65 bits per heavy atom. The maximum absolute atomic E-state index is 11.7. The number of nitriles is 1. The molecule has 4 heteroatoms. The molecule has 1 aliphatic carbocycles. The number of carbonyl (C=O) groups is 1. The molecule has 0 unspecified atom stereocenters. The van der Waals surface area contributed by atoms with Gasteiger partial charge >= 0.3 is 0 Å². The molecule has 0 aliphatic heterocycles. The van der Waals surface area contributed by atoms with Crippen molar-refractivity contribution >= 4 is 12.0 Å². The number of carbonyl (C=O) groups excluding carboxylic acids is 1. The molecule has 2 rings (SSSR count). The van der Waals surface area contributed by atoms with E-state index in [1.807, 2.05) is 0 Å². The first-order valence-corrected chi connectivity index (χ1v) is 6.74. The van der Waals surface area contributed by atoms with Crippen LogP contribution in [0.2, 0.25) is 0 Å². The third-order valence-corrected chi connectivity index (χ3v) is 3.70. The van der Waals surface area contributed by atoms with Crippen molar-refractivity contribution in [2.24, 2.45) is 5.41 Å². The number of benzene rings is 1. The normalized spacial score (nSPS) is 15.8. The minimum absolute atomic E-state index is 0.126. The molecule has 0 spiro atoms. The summed E-state index contributed by atoms with van der Waals surface area (Å²) in [5.74, 6) is -0.126. The first-order valence-electron chi connectivity index (χ1n) is 6.74. The molecule has 1 saturated carbocycles. The van der Waals surface area contributed by atoms with Gasteiger partial charge in [-0.25, -0.2) is 0 Å². The Hall–Kier alpha value is -2.12.